The Kier molecular flexibility index (Phi) is 3.30. The van der Waals surface area contributed by atoms with E-state index in [1.54, 1.807) is 7.11 Å². The van der Waals surface area contributed by atoms with Gasteiger partial charge in [-0.3, -0.25) is 0 Å². The van der Waals surface area contributed by atoms with E-state index in [2.05, 4.69) is 24.2 Å². The molecule has 0 spiro atoms. The van der Waals surface area contributed by atoms with Gasteiger partial charge in [-0.1, -0.05) is 6.92 Å². The van der Waals surface area contributed by atoms with Crippen LogP contribution in [0.25, 0.3) is 0 Å². The van der Waals surface area contributed by atoms with Crippen LogP contribution < -0.4 is 5.32 Å². The highest BCUT2D eigenvalue weighted by Crippen LogP contribution is 2.10. The molecule has 0 amide bonds. The van der Waals surface area contributed by atoms with E-state index in [0.717, 1.165) is 19.6 Å². The molecule has 0 aromatic carbocycles. The van der Waals surface area contributed by atoms with Crippen molar-refractivity contribution in [3.63, 3.8) is 0 Å². The van der Waals surface area contributed by atoms with Crippen molar-refractivity contribution in [3.05, 3.63) is 0 Å². The van der Waals surface area contributed by atoms with Gasteiger partial charge in [0.05, 0.1) is 6.10 Å². The van der Waals surface area contributed by atoms with E-state index in [9.17, 15) is 0 Å². The summed E-state index contributed by atoms with van der Waals surface area (Å²) in [5, 5.41) is 3.41. The summed E-state index contributed by atoms with van der Waals surface area (Å²) >= 11 is 0. The Hall–Kier alpha value is -0.120. The lowest BCUT2D eigenvalue weighted by molar-refractivity contribution is 0.0920. The first-order valence-electron chi connectivity index (χ1n) is 4.22. The van der Waals surface area contributed by atoms with Gasteiger partial charge in [0.25, 0.3) is 0 Å². The summed E-state index contributed by atoms with van der Waals surface area (Å²) in [7, 11) is 3.91. The fourth-order valence-corrected chi connectivity index (χ4v) is 1.66. The number of likely N-dealkylation sites (tertiary alicyclic amines) is 1. The number of nitrogens with zero attached hydrogens (tertiary/aromatic N) is 1. The van der Waals surface area contributed by atoms with Crippen molar-refractivity contribution in [1.29, 1.82) is 0 Å². The fourth-order valence-electron chi connectivity index (χ4n) is 1.66. The third-order valence-electron chi connectivity index (χ3n) is 2.22. The molecule has 0 bridgehead atoms. The molecule has 0 unspecified atom stereocenters. The number of methoxy groups -OCH3 is 1. The van der Waals surface area contributed by atoms with Gasteiger partial charge in [0, 0.05) is 26.2 Å². The van der Waals surface area contributed by atoms with Gasteiger partial charge in [0.1, 0.15) is 0 Å². The van der Waals surface area contributed by atoms with Crippen LogP contribution in [0, 0.1) is 0 Å². The number of ether oxygens (including phenoxy) is 1. The molecule has 1 aliphatic rings. The number of nitrogens with one attached hydrogen (secondary N) is 1. The molecule has 0 saturated carbocycles. The van der Waals surface area contributed by atoms with Crippen LogP contribution in [0.1, 0.15) is 6.92 Å². The van der Waals surface area contributed by atoms with Gasteiger partial charge < -0.3 is 15.0 Å². The Morgan fingerprint density at radius 1 is 1.55 bits per heavy atom. The van der Waals surface area contributed by atoms with Crippen LogP contribution >= 0.6 is 0 Å². The zero-order valence-electron chi connectivity index (χ0n) is 7.63. The standard InChI is InChI=1S/C8H18N2O/c1-4-9-7-5-10(2)6-8(7)11-3/h7-9H,4-6H2,1-3H3/t7-,8+/m1/s1. The molecular formula is C8H18N2O. The molecular weight excluding hydrogens is 140 g/mol. The Balaban J connectivity index is 2.37. The van der Waals surface area contributed by atoms with E-state index in [1.165, 1.54) is 0 Å². The maximum Gasteiger partial charge on any atom is 0.0863 e. The maximum atomic E-state index is 5.34. The van der Waals surface area contributed by atoms with E-state index >= 15 is 0 Å². The van der Waals surface area contributed by atoms with Crippen LogP contribution in [0.5, 0.6) is 0 Å². The second kappa shape index (κ2) is 4.04. The highest BCUT2D eigenvalue weighted by atomic mass is 16.5. The Bertz CT molecular complexity index is 119. The van der Waals surface area contributed by atoms with Crippen molar-refractivity contribution in [3.8, 4) is 0 Å². The number of hydrogen-bond acceptors (Lipinski definition) is 3. The molecule has 2 atom stereocenters. The zero-order valence-corrected chi connectivity index (χ0v) is 7.63. The first kappa shape index (κ1) is 8.97. The van der Waals surface area contributed by atoms with Gasteiger partial charge in [-0.25, -0.2) is 0 Å². The minimum absolute atomic E-state index is 0.375. The second-order valence-corrected chi connectivity index (χ2v) is 3.16. The molecule has 3 nitrogen and oxygen atoms in total. The lowest BCUT2D eigenvalue weighted by atomic mass is 10.2. The van der Waals surface area contributed by atoms with E-state index in [1.807, 2.05) is 0 Å². The molecule has 66 valence electrons. The van der Waals surface area contributed by atoms with Crippen LogP contribution in [0.4, 0.5) is 0 Å². The van der Waals surface area contributed by atoms with Crippen molar-refractivity contribution >= 4 is 0 Å². The smallest absolute Gasteiger partial charge is 0.0863 e. The molecule has 3 heteroatoms. The normalized spacial score (nSPS) is 33.0. The lowest BCUT2D eigenvalue weighted by Crippen LogP contribution is -2.39. The third-order valence-corrected chi connectivity index (χ3v) is 2.22. The van der Waals surface area contributed by atoms with Crippen molar-refractivity contribution in [2.75, 3.05) is 33.8 Å². The second-order valence-electron chi connectivity index (χ2n) is 3.16. The van der Waals surface area contributed by atoms with Gasteiger partial charge in [0.15, 0.2) is 0 Å². The Labute approximate surface area is 68.7 Å². The minimum atomic E-state index is 0.375. The van der Waals surface area contributed by atoms with E-state index in [4.69, 9.17) is 4.74 Å². The number of likely N-dealkylation sites (N-methyl/N-ethyl adjacent to an activating group) is 2. The minimum Gasteiger partial charge on any atom is -0.378 e. The Morgan fingerprint density at radius 2 is 2.27 bits per heavy atom. The summed E-state index contributed by atoms with van der Waals surface area (Å²) in [5.74, 6) is 0. The van der Waals surface area contributed by atoms with E-state index in [0.29, 0.717) is 12.1 Å². The average molecular weight is 158 g/mol. The monoisotopic (exact) mass is 158 g/mol. The van der Waals surface area contributed by atoms with Crippen molar-refractivity contribution < 1.29 is 4.74 Å². The zero-order chi connectivity index (χ0) is 8.27. The molecule has 1 N–H and O–H groups in total. The first-order valence-corrected chi connectivity index (χ1v) is 4.22. The molecule has 0 aromatic heterocycles. The molecule has 0 aromatic rings. The molecule has 1 aliphatic heterocycles. The summed E-state index contributed by atoms with van der Waals surface area (Å²) in [6.45, 7) is 5.31. The number of rotatable bonds is 3. The summed E-state index contributed by atoms with van der Waals surface area (Å²) in [6.07, 6.45) is 0.375. The van der Waals surface area contributed by atoms with Gasteiger partial charge in [0.2, 0.25) is 0 Å². The van der Waals surface area contributed by atoms with Gasteiger partial charge >= 0.3 is 0 Å². The Morgan fingerprint density at radius 3 is 2.82 bits per heavy atom. The summed E-state index contributed by atoms with van der Waals surface area (Å²) in [4.78, 5) is 2.29. The molecule has 1 saturated heterocycles. The summed E-state index contributed by atoms with van der Waals surface area (Å²) in [6, 6.07) is 0.523. The largest absolute Gasteiger partial charge is 0.378 e. The van der Waals surface area contributed by atoms with E-state index < -0.39 is 0 Å². The highest BCUT2D eigenvalue weighted by molar-refractivity contribution is 4.88. The fraction of sp³-hybridized carbons (Fsp3) is 1.00. The lowest BCUT2D eigenvalue weighted by Gasteiger charge is -2.16. The summed E-state index contributed by atoms with van der Waals surface area (Å²) in [5.41, 5.74) is 0. The SMILES string of the molecule is CCN[C@@H]1CN(C)C[C@@H]1OC. The van der Waals surface area contributed by atoms with Crippen LogP contribution in [0.15, 0.2) is 0 Å². The molecule has 0 aliphatic carbocycles. The van der Waals surface area contributed by atoms with Crippen molar-refractivity contribution in [2.45, 2.75) is 19.1 Å². The van der Waals surface area contributed by atoms with Crippen LogP contribution in [-0.2, 0) is 4.74 Å². The van der Waals surface area contributed by atoms with Crippen LogP contribution in [0.2, 0.25) is 0 Å². The molecule has 1 heterocycles. The quantitative estimate of drug-likeness (QED) is 0.622. The third kappa shape index (κ3) is 2.15. The van der Waals surface area contributed by atoms with Gasteiger partial charge in [-0.05, 0) is 13.6 Å². The van der Waals surface area contributed by atoms with E-state index in [-0.39, 0.29) is 0 Å². The maximum absolute atomic E-state index is 5.34. The van der Waals surface area contributed by atoms with Gasteiger partial charge in [-0.2, -0.15) is 0 Å². The summed E-state index contributed by atoms with van der Waals surface area (Å²) < 4.78 is 5.34. The predicted molar refractivity (Wildman–Crippen MR) is 45.8 cm³/mol. The van der Waals surface area contributed by atoms with Crippen molar-refractivity contribution in [2.24, 2.45) is 0 Å². The molecule has 1 rings (SSSR count). The topological polar surface area (TPSA) is 24.5 Å². The molecule has 1 fully saturated rings. The van der Waals surface area contributed by atoms with Crippen LogP contribution in [0.3, 0.4) is 0 Å². The van der Waals surface area contributed by atoms with Crippen LogP contribution in [-0.4, -0.2) is 50.8 Å². The first-order chi connectivity index (χ1) is 5.27. The average Bonchev–Trinajstić information content (AvgIpc) is 2.32. The highest BCUT2D eigenvalue weighted by Gasteiger charge is 2.29. The molecule has 0 radical (unpaired) electrons. The number of hydrogen-bond donors (Lipinski definition) is 1. The predicted octanol–water partition coefficient (Wildman–Crippen LogP) is -0.0751. The van der Waals surface area contributed by atoms with Crippen molar-refractivity contribution in [1.82, 2.24) is 10.2 Å². The van der Waals surface area contributed by atoms with Gasteiger partial charge in [-0.15, -0.1) is 0 Å². The molecule has 11 heavy (non-hydrogen) atoms.